The van der Waals surface area contributed by atoms with Gasteiger partial charge in [-0.25, -0.2) is 4.39 Å². The summed E-state index contributed by atoms with van der Waals surface area (Å²) in [5, 5.41) is 0.965. The largest absolute Gasteiger partial charge is 0.458 e. The lowest BCUT2D eigenvalue weighted by atomic mass is 9.76. The Bertz CT molecular complexity index is 540. The van der Waals surface area contributed by atoms with Gasteiger partial charge in [-0.05, 0) is 25.1 Å². The fourth-order valence-electron chi connectivity index (χ4n) is 2.36. The van der Waals surface area contributed by atoms with Gasteiger partial charge in [0.25, 0.3) is 0 Å². The number of fused-ring (bicyclic) bond motifs is 1. The third-order valence-corrected chi connectivity index (χ3v) is 3.28. The second-order valence-corrected chi connectivity index (χ2v) is 4.79. The van der Waals surface area contributed by atoms with Crippen molar-refractivity contribution in [1.82, 2.24) is 0 Å². The van der Waals surface area contributed by atoms with Crippen molar-refractivity contribution < 1.29 is 8.81 Å². The molecule has 2 aromatic rings. The lowest BCUT2D eigenvalue weighted by molar-refractivity contribution is 0.0196. The molecule has 0 unspecified atom stereocenters. The first-order chi connectivity index (χ1) is 7.57. The van der Waals surface area contributed by atoms with Gasteiger partial charge in [-0.3, -0.25) is 0 Å². The standard InChI is InChI=1S/C13H14FNO/c1-8-2-3-11-9(4-8)5-12(16-11)13(14)6-10(15)7-13/h2-5,10H,6-7,15H2,1H3. The summed E-state index contributed by atoms with van der Waals surface area (Å²) in [5.74, 6) is 0.426. The molecule has 1 aliphatic rings. The van der Waals surface area contributed by atoms with Gasteiger partial charge in [0.15, 0.2) is 5.67 Å². The number of hydrogen-bond donors (Lipinski definition) is 1. The Balaban J connectivity index is 2.06. The van der Waals surface area contributed by atoms with Crippen molar-refractivity contribution in [2.24, 2.45) is 5.73 Å². The van der Waals surface area contributed by atoms with E-state index in [1.54, 1.807) is 6.07 Å². The maximum atomic E-state index is 14.3. The highest BCUT2D eigenvalue weighted by Gasteiger charge is 2.47. The van der Waals surface area contributed by atoms with Crippen LogP contribution >= 0.6 is 0 Å². The van der Waals surface area contributed by atoms with E-state index in [0.29, 0.717) is 18.6 Å². The smallest absolute Gasteiger partial charge is 0.171 e. The second-order valence-electron chi connectivity index (χ2n) is 4.79. The fraction of sp³-hybridized carbons (Fsp3) is 0.385. The summed E-state index contributed by atoms with van der Waals surface area (Å²) >= 11 is 0. The van der Waals surface area contributed by atoms with Crippen molar-refractivity contribution in [3.63, 3.8) is 0 Å². The summed E-state index contributed by atoms with van der Waals surface area (Å²) in [6.07, 6.45) is 0.734. The highest BCUT2D eigenvalue weighted by Crippen LogP contribution is 2.45. The molecule has 3 heteroatoms. The zero-order valence-electron chi connectivity index (χ0n) is 9.16. The number of hydrogen-bond acceptors (Lipinski definition) is 2. The zero-order chi connectivity index (χ0) is 11.3. The summed E-state index contributed by atoms with van der Waals surface area (Å²) in [4.78, 5) is 0. The van der Waals surface area contributed by atoms with E-state index in [2.05, 4.69) is 0 Å². The Morgan fingerprint density at radius 1 is 1.38 bits per heavy atom. The van der Waals surface area contributed by atoms with E-state index in [9.17, 15) is 4.39 Å². The molecular weight excluding hydrogens is 205 g/mol. The molecular formula is C13H14FNO. The molecule has 1 saturated carbocycles. The van der Waals surface area contributed by atoms with Crippen LogP contribution < -0.4 is 5.73 Å². The van der Waals surface area contributed by atoms with E-state index in [4.69, 9.17) is 10.2 Å². The van der Waals surface area contributed by atoms with Gasteiger partial charge in [0.1, 0.15) is 11.3 Å². The maximum Gasteiger partial charge on any atom is 0.171 e. The minimum atomic E-state index is -1.34. The Hall–Kier alpha value is -1.35. The van der Waals surface area contributed by atoms with E-state index in [-0.39, 0.29) is 6.04 Å². The normalized spacial score (nSPS) is 29.3. The average Bonchev–Trinajstić information content (AvgIpc) is 2.58. The van der Waals surface area contributed by atoms with Crippen LogP contribution in [0, 0.1) is 6.92 Å². The molecule has 0 atom stereocenters. The topological polar surface area (TPSA) is 39.2 Å². The van der Waals surface area contributed by atoms with Crippen LogP contribution in [0.5, 0.6) is 0 Å². The van der Waals surface area contributed by atoms with Crippen molar-refractivity contribution >= 4 is 11.0 Å². The number of furan rings is 1. The van der Waals surface area contributed by atoms with Crippen molar-refractivity contribution in [2.45, 2.75) is 31.5 Å². The van der Waals surface area contributed by atoms with Crippen LogP contribution in [0.15, 0.2) is 28.7 Å². The molecule has 16 heavy (non-hydrogen) atoms. The molecule has 84 valence electrons. The molecule has 0 radical (unpaired) electrons. The average molecular weight is 219 g/mol. The summed E-state index contributed by atoms with van der Waals surface area (Å²) in [6.45, 7) is 2.01. The van der Waals surface area contributed by atoms with Crippen molar-refractivity contribution in [3.8, 4) is 0 Å². The predicted molar refractivity (Wildman–Crippen MR) is 60.9 cm³/mol. The van der Waals surface area contributed by atoms with Crippen LogP contribution in [0.4, 0.5) is 4.39 Å². The van der Waals surface area contributed by atoms with Crippen LogP contribution in [0.25, 0.3) is 11.0 Å². The molecule has 1 aliphatic carbocycles. The van der Waals surface area contributed by atoms with Gasteiger partial charge < -0.3 is 10.2 Å². The monoisotopic (exact) mass is 219 g/mol. The van der Waals surface area contributed by atoms with Crippen LogP contribution in [-0.2, 0) is 5.67 Å². The summed E-state index contributed by atoms with van der Waals surface area (Å²) in [6, 6.07) is 7.63. The molecule has 2 nitrogen and oxygen atoms in total. The van der Waals surface area contributed by atoms with Crippen LogP contribution in [0.2, 0.25) is 0 Å². The van der Waals surface area contributed by atoms with Crippen molar-refractivity contribution in [2.75, 3.05) is 0 Å². The van der Waals surface area contributed by atoms with Gasteiger partial charge in [-0.2, -0.15) is 0 Å². The summed E-state index contributed by atoms with van der Waals surface area (Å²) < 4.78 is 19.8. The molecule has 0 aliphatic heterocycles. The fourth-order valence-corrected chi connectivity index (χ4v) is 2.36. The van der Waals surface area contributed by atoms with Gasteiger partial charge in [0, 0.05) is 24.3 Å². The molecule has 1 fully saturated rings. The molecule has 0 amide bonds. The first-order valence-corrected chi connectivity index (χ1v) is 5.52. The highest BCUT2D eigenvalue weighted by molar-refractivity contribution is 5.79. The summed E-state index contributed by atoms with van der Waals surface area (Å²) in [5.41, 5.74) is 6.19. The lowest BCUT2D eigenvalue weighted by Crippen LogP contribution is -2.45. The third-order valence-electron chi connectivity index (χ3n) is 3.28. The van der Waals surface area contributed by atoms with Crippen LogP contribution in [0.3, 0.4) is 0 Å². The molecule has 3 rings (SSSR count). The third kappa shape index (κ3) is 1.35. The van der Waals surface area contributed by atoms with Crippen molar-refractivity contribution in [3.05, 3.63) is 35.6 Å². The summed E-state index contributed by atoms with van der Waals surface area (Å²) in [7, 11) is 0. The van der Waals surface area contributed by atoms with E-state index >= 15 is 0 Å². The maximum absolute atomic E-state index is 14.3. The first kappa shape index (κ1) is 9.85. The SMILES string of the molecule is Cc1ccc2oc(C3(F)CC(N)C3)cc2c1. The van der Waals surface area contributed by atoms with Gasteiger partial charge in [0.2, 0.25) is 0 Å². The number of nitrogens with two attached hydrogens (primary N) is 1. The Morgan fingerprint density at radius 2 is 2.12 bits per heavy atom. The van der Waals surface area contributed by atoms with E-state index < -0.39 is 5.67 Å². The Labute approximate surface area is 93.2 Å². The van der Waals surface area contributed by atoms with E-state index in [1.165, 1.54) is 0 Å². The molecule has 2 N–H and O–H groups in total. The predicted octanol–water partition coefficient (Wildman–Crippen LogP) is 3.03. The number of halogens is 1. The van der Waals surface area contributed by atoms with E-state index in [1.807, 2.05) is 25.1 Å². The minimum Gasteiger partial charge on any atom is -0.458 e. The van der Waals surface area contributed by atoms with Crippen molar-refractivity contribution in [1.29, 1.82) is 0 Å². The number of benzene rings is 1. The molecule has 0 spiro atoms. The molecule has 0 saturated heterocycles. The molecule has 1 heterocycles. The highest BCUT2D eigenvalue weighted by atomic mass is 19.1. The lowest BCUT2D eigenvalue weighted by Gasteiger charge is -2.37. The first-order valence-electron chi connectivity index (χ1n) is 5.52. The molecule has 1 aromatic carbocycles. The number of rotatable bonds is 1. The van der Waals surface area contributed by atoms with Crippen LogP contribution in [-0.4, -0.2) is 6.04 Å². The second kappa shape index (κ2) is 3.08. The van der Waals surface area contributed by atoms with Gasteiger partial charge in [0.05, 0.1) is 0 Å². The molecule has 0 bridgehead atoms. The number of aryl methyl sites for hydroxylation is 1. The Kier molecular flexibility index (Phi) is 1.89. The van der Waals surface area contributed by atoms with Gasteiger partial charge in [-0.15, -0.1) is 0 Å². The number of alkyl halides is 1. The minimum absolute atomic E-state index is 0.0278. The van der Waals surface area contributed by atoms with Gasteiger partial charge in [-0.1, -0.05) is 11.6 Å². The van der Waals surface area contributed by atoms with E-state index in [0.717, 1.165) is 16.5 Å². The zero-order valence-corrected chi connectivity index (χ0v) is 9.16. The van der Waals surface area contributed by atoms with Crippen LogP contribution in [0.1, 0.15) is 24.2 Å². The molecule has 1 aromatic heterocycles. The Morgan fingerprint density at radius 3 is 2.81 bits per heavy atom. The quantitative estimate of drug-likeness (QED) is 0.800. The van der Waals surface area contributed by atoms with Gasteiger partial charge >= 0.3 is 0 Å².